The number of ether oxygens (including phenoxy) is 1. The van der Waals surface area contributed by atoms with Crippen molar-refractivity contribution in [1.82, 2.24) is 0 Å². The molecule has 0 bridgehead atoms. The first-order valence-corrected chi connectivity index (χ1v) is 7.58. The Labute approximate surface area is 125 Å². The van der Waals surface area contributed by atoms with Crippen molar-refractivity contribution in [1.29, 1.82) is 0 Å². The van der Waals surface area contributed by atoms with Crippen molar-refractivity contribution in [2.45, 2.75) is 17.1 Å². The molecule has 0 aromatic heterocycles. The molecule has 3 nitrogen and oxygen atoms in total. The van der Waals surface area contributed by atoms with E-state index in [4.69, 9.17) is 4.74 Å². The second-order valence-corrected chi connectivity index (χ2v) is 6.26. The van der Waals surface area contributed by atoms with Crippen LogP contribution in [0.1, 0.15) is 17.3 Å². The van der Waals surface area contributed by atoms with Gasteiger partial charge in [-0.15, -0.1) is 0 Å². The molecule has 110 valence electrons. The van der Waals surface area contributed by atoms with E-state index >= 15 is 0 Å². The molecule has 2 aromatic rings. The zero-order chi connectivity index (χ0) is 15.4. The van der Waals surface area contributed by atoms with E-state index < -0.39 is 21.9 Å². The maximum atomic E-state index is 12.9. The van der Waals surface area contributed by atoms with Crippen molar-refractivity contribution in [2.24, 2.45) is 0 Å². The molecule has 0 radical (unpaired) electrons. The van der Waals surface area contributed by atoms with Gasteiger partial charge in [0.15, 0.2) is 5.78 Å². The molecule has 0 aliphatic heterocycles. The summed E-state index contributed by atoms with van der Waals surface area (Å²) >= 11 is 0. The highest BCUT2D eigenvalue weighted by Crippen LogP contribution is 2.19. The Kier molecular flexibility index (Phi) is 4.85. The normalized spacial score (nSPS) is 13.5. The molecule has 21 heavy (non-hydrogen) atoms. The third-order valence-corrected chi connectivity index (χ3v) is 4.70. The number of hydrogen-bond acceptors (Lipinski definition) is 3. The van der Waals surface area contributed by atoms with Gasteiger partial charge >= 0.3 is 0 Å². The quantitative estimate of drug-likeness (QED) is 0.797. The van der Waals surface area contributed by atoms with Crippen LogP contribution in [-0.2, 0) is 10.8 Å². The van der Waals surface area contributed by atoms with Gasteiger partial charge in [0.2, 0.25) is 0 Å². The number of benzene rings is 2. The summed E-state index contributed by atoms with van der Waals surface area (Å²) in [5.41, 5.74) is 0.353. The van der Waals surface area contributed by atoms with E-state index in [1.807, 2.05) is 0 Å². The number of rotatable bonds is 5. The van der Waals surface area contributed by atoms with E-state index in [-0.39, 0.29) is 5.78 Å². The lowest BCUT2D eigenvalue weighted by Crippen LogP contribution is -2.22. The molecule has 2 unspecified atom stereocenters. The lowest BCUT2D eigenvalue weighted by atomic mass is 10.1. The van der Waals surface area contributed by atoms with Gasteiger partial charge in [-0.25, -0.2) is 4.39 Å². The van der Waals surface area contributed by atoms with Crippen LogP contribution in [0.5, 0.6) is 5.75 Å². The van der Waals surface area contributed by atoms with Crippen LogP contribution < -0.4 is 4.74 Å². The predicted molar refractivity (Wildman–Crippen MR) is 79.6 cm³/mol. The molecule has 0 aliphatic rings. The highest BCUT2D eigenvalue weighted by atomic mass is 32.2. The molecule has 0 amide bonds. The average Bonchev–Trinajstić information content (AvgIpc) is 2.53. The number of carbonyl (C=O) groups is 1. The summed E-state index contributed by atoms with van der Waals surface area (Å²) in [6.07, 6.45) is 0. The molecule has 0 N–H and O–H groups in total. The minimum absolute atomic E-state index is 0.274. The van der Waals surface area contributed by atoms with Gasteiger partial charge in [-0.1, -0.05) is 0 Å². The Balaban J connectivity index is 2.17. The molecule has 5 heteroatoms. The summed E-state index contributed by atoms with van der Waals surface area (Å²) in [7, 11) is 0.0751. The SMILES string of the molecule is COc1ccc(S(=O)C(C)C(=O)c2ccc(F)cc2)cc1. The smallest absolute Gasteiger partial charge is 0.178 e. The van der Waals surface area contributed by atoms with E-state index in [0.717, 1.165) is 0 Å². The standard InChI is InChI=1S/C16H15FO3S/c1-11(16(18)12-3-5-13(17)6-4-12)21(19)15-9-7-14(20-2)8-10-15/h3-11H,1-2H3. The average molecular weight is 306 g/mol. The Hall–Kier alpha value is -2.01. The molecule has 2 atom stereocenters. The number of Topliss-reactive ketones (excluding diaryl/α,β-unsaturated/α-hetero) is 1. The minimum Gasteiger partial charge on any atom is -0.497 e. The zero-order valence-electron chi connectivity index (χ0n) is 11.7. The molecule has 0 spiro atoms. The van der Waals surface area contributed by atoms with Crippen LogP contribution in [0.3, 0.4) is 0 Å². The first-order valence-electron chi connectivity index (χ1n) is 6.37. The first kappa shape index (κ1) is 15.4. The van der Waals surface area contributed by atoms with Gasteiger partial charge in [-0.05, 0) is 55.5 Å². The summed E-state index contributed by atoms with van der Waals surface area (Å²) in [6.45, 7) is 1.60. The van der Waals surface area contributed by atoms with E-state index in [1.54, 1.807) is 38.3 Å². The number of halogens is 1. The lowest BCUT2D eigenvalue weighted by Gasteiger charge is -2.11. The molecule has 0 fully saturated rings. The van der Waals surface area contributed by atoms with Gasteiger partial charge in [0.1, 0.15) is 11.6 Å². The third-order valence-electron chi connectivity index (χ3n) is 3.11. The van der Waals surface area contributed by atoms with E-state index in [1.165, 1.54) is 24.3 Å². The van der Waals surface area contributed by atoms with Crippen molar-refractivity contribution in [3.05, 3.63) is 59.9 Å². The fraction of sp³-hybridized carbons (Fsp3) is 0.188. The van der Waals surface area contributed by atoms with Gasteiger partial charge in [0.25, 0.3) is 0 Å². The summed E-state index contributed by atoms with van der Waals surface area (Å²) in [4.78, 5) is 12.8. The molecule has 0 heterocycles. The summed E-state index contributed by atoms with van der Waals surface area (Å²) < 4.78 is 30.3. The van der Waals surface area contributed by atoms with Crippen LogP contribution in [0, 0.1) is 5.82 Å². The van der Waals surface area contributed by atoms with Crippen molar-refractivity contribution >= 4 is 16.6 Å². The lowest BCUT2D eigenvalue weighted by molar-refractivity contribution is 0.0992. The molecular formula is C16H15FO3S. The number of ketones is 1. The molecule has 2 rings (SSSR count). The van der Waals surface area contributed by atoms with Crippen LogP contribution in [-0.4, -0.2) is 22.4 Å². The number of hydrogen-bond donors (Lipinski definition) is 0. The second kappa shape index (κ2) is 6.63. The summed E-state index contributed by atoms with van der Waals surface area (Å²) in [5, 5.41) is -0.705. The predicted octanol–water partition coefficient (Wildman–Crippen LogP) is 3.21. The molecule has 2 aromatic carbocycles. The van der Waals surface area contributed by atoms with Gasteiger partial charge in [-0.2, -0.15) is 0 Å². The maximum absolute atomic E-state index is 12.9. The van der Waals surface area contributed by atoms with Crippen molar-refractivity contribution in [3.63, 3.8) is 0 Å². The number of methoxy groups -OCH3 is 1. The Bertz CT molecular complexity index is 650. The fourth-order valence-electron chi connectivity index (χ4n) is 1.86. The summed E-state index contributed by atoms with van der Waals surface area (Å²) in [5.74, 6) is -0.0205. The van der Waals surface area contributed by atoms with Gasteiger partial charge in [0, 0.05) is 10.5 Å². The zero-order valence-corrected chi connectivity index (χ0v) is 12.5. The maximum Gasteiger partial charge on any atom is 0.178 e. The van der Waals surface area contributed by atoms with Crippen molar-refractivity contribution in [3.8, 4) is 5.75 Å². The molecule has 0 saturated heterocycles. The Morgan fingerprint density at radius 1 is 1.10 bits per heavy atom. The van der Waals surface area contributed by atoms with Gasteiger partial charge in [0.05, 0.1) is 23.2 Å². The summed E-state index contributed by atoms with van der Waals surface area (Å²) in [6, 6.07) is 12.0. The van der Waals surface area contributed by atoms with Crippen LogP contribution in [0.4, 0.5) is 4.39 Å². The van der Waals surface area contributed by atoms with Crippen LogP contribution >= 0.6 is 0 Å². The van der Waals surface area contributed by atoms with Gasteiger partial charge < -0.3 is 4.74 Å². The minimum atomic E-state index is -1.47. The highest BCUT2D eigenvalue weighted by Gasteiger charge is 2.22. The monoisotopic (exact) mass is 306 g/mol. The van der Waals surface area contributed by atoms with Gasteiger partial charge in [-0.3, -0.25) is 9.00 Å². The Morgan fingerprint density at radius 3 is 2.19 bits per heavy atom. The van der Waals surface area contributed by atoms with Crippen LogP contribution in [0.15, 0.2) is 53.4 Å². The van der Waals surface area contributed by atoms with Crippen molar-refractivity contribution < 1.29 is 18.1 Å². The molecule has 0 aliphatic carbocycles. The molecule has 0 saturated carbocycles. The largest absolute Gasteiger partial charge is 0.497 e. The molecular weight excluding hydrogens is 291 g/mol. The first-order chi connectivity index (χ1) is 10.0. The van der Waals surface area contributed by atoms with Crippen LogP contribution in [0.25, 0.3) is 0 Å². The topological polar surface area (TPSA) is 43.4 Å². The van der Waals surface area contributed by atoms with Crippen LogP contribution in [0.2, 0.25) is 0 Å². The fourth-order valence-corrected chi connectivity index (χ4v) is 3.00. The number of carbonyl (C=O) groups excluding carboxylic acids is 1. The second-order valence-electron chi connectivity index (χ2n) is 4.49. The highest BCUT2D eigenvalue weighted by molar-refractivity contribution is 7.86. The van der Waals surface area contributed by atoms with E-state index in [2.05, 4.69) is 0 Å². The Morgan fingerprint density at radius 2 is 1.67 bits per heavy atom. The van der Waals surface area contributed by atoms with E-state index in [0.29, 0.717) is 16.2 Å². The van der Waals surface area contributed by atoms with E-state index in [9.17, 15) is 13.4 Å². The third kappa shape index (κ3) is 3.55. The van der Waals surface area contributed by atoms with Crippen molar-refractivity contribution in [2.75, 3.05) is 7.11 Å².